The van der Waals surface area contributed by atoms with Gasteiger partial charge >= 0.3 is 11.9 Å². The highest BCUT2D eigenvalue weighted by molar-refractivity contribution is 5.71. The van der Waals surface area contributed by atoms with E-state index < -0.39 is 12.1 Å². The molecule has 1 aliphatic carbocycles. The normalized spacial score (nSPS) is 15.2. The summed E-state index contributed by atoms with van der Waals surface area (Å²) in [5, 5.41) is 8.67. The van der Waals surface area contributed by atoms with Gasteiger partial charge in [-0.1, -0.05) is 39.0 Å². The number of likely N-dealkylation sites (N-methyl/N-ethyl adjacent to an activating group) is 1. The van der Waals surface area contributed by atoms with Gasteiger partial charge in [0.15, 0.2) is 6.10 Å². The van der Waals surface area contributed by atoms with E-state index in [1.54, 1.807) is 6.92 Å². The molecular weight excluding hydrogens is 294 g/mol. The number of halogens is 1. The second kappa shape index (κ2) is 11.8. The van der Waals surface area contributed by atoms with E-state index in [0.29, 0.717) is 11.0 Å². The number of aliphatic carboxylic acids is 1. The van der Waals surface area contributed by atoms with Gasteiger partial charge in [0.1, 0.15) is 6.54 Å². The van der Waals surface area contributed by atoms with Gasteiger partial charge < -0.3 is 26.7 Å². The zero-order valence-corrected chi connectivity index (χ0v) is 14.5. The van der Waals surface area contributed by atoms with Crippen LogP contribution in [0.25, 0.3) is 0 Å². The lowest BCUT2D eigenvalue weighted by Gasteiger charge is -2.28. The Balaban J connectivity index is 0. The minimum Gasteiger partial charge on any atom is -1.00 e. The average molecular weight is 324 g/mol. The van der Waals surface area contributed by atoms with Gasteiger partial charge in [-0.3, -0.25) is 9.59 Å². The first-order valence-electron chi connectivity index (χ1n) is 7.46. The van der Waals surface area contributed by atoms with Crippen LogP contribution in [0.5, 0.6) is 0 Å². The molecule has 0 amide bonds. The molecule has 0 radical (unpaired) electrons. The molecule has 0 heterocycles. The van der Waals surface area contributed by atoms with Crippen LogP contribution >= 0.6 is 0 Å². The number of carbonyl (C=O) groups excluding carboxylic acids is 1. The summed E-state index contributed by atoms with van der Waals surface area (Å²) in [5.74, 6) is -1.30. The minimum atomic E-state index is -0.947. The molecule has 126 valence electrons. The number of hydrogen-bond acceptors (Lipinski definition) is 3. The van der Waals surface area contributed by atoms with Crippen LogP contribution in [0.15, 0.2) is 0 Å². The van der Waals surface area contributed by atoms with E-state index in [2.05, 4.69) is 0 Å². The van der Waals surface area contributed by atoms with Gasteiger partial charge in [0.05, 0.1) is 27.6 Å². The first-order valence-corrected chi connectivity index (χ1v) is 7.46. The number of rotatable bonds is 6. The zero-order chi connectivity index (χ0) is 15.6. The molecule has 0 spiro atoms. The first-order chi connectivity index (χ1) is 9.24. The Bertz CT molecular complexity index is 291. The smallest absolute Gasteiger partial charge is 0.307 e. The van der Waals surface area contributed by atoms with Crippen LogP contribution < -0.4 is 12.4 Å². The van der Waals surface area contributed by atoms with E-state index in [0.717, 1.165) is 0 Å². The fraction of sp³-hybridized carbons (Fsp3) is 0.867. The lowest BCUT2D eigenvalue weighted by atomic mass is 10.2. The van der Waals surface area contributed by atoms with Crippen molar-refractivity contribution in [3.8, 4) is 0 Å². The van der Waals surface area contributed by atoms with Gasteiger partial charge in [0.2, 0.25) is 0 Å². The molecule has 6 heteroatoms. The summed E-state index contributed by atoms with van der Waals surface area (Å²) >= 11 is 0. The Labute approximate surface area is 134 Å². The Hall–Kier alpha value is -0.810. The van der Waals surface area contributed by atoms with E-state index in [9.17, 15) is 9.59 Å². The molecule has 0 aromatic carbocycles. The Morgan fingerprint density at radius 3 is 1.81 bits per heavy atom. The van der Waals surface area contributed by atoms with Crippen molar-refractivity contribution in [1.82, 2.24) is 0 Å². The van der Waals surface area contributed by atoms with Gasteiger partial charge in [0.25, 0.3) is 0 Å². The van der Waals surface area contributed by atoms with Crippen LogP contribution in [-0.4, -0.2) is 55.3 Å². The number of nitrogens with zero attached hydrogens (tertiary/aromatic N) is 1. The highest BCUT2D eigenvalue weighted by Crippen LogP contribution is 2.15. The van der Waals surface area contributed by atoms with Crippen LogP contribution in [0.1, 0.15) is 51.9 Å². The Kier molecular flexibility index (Phi) is 12.6. The lowest BCUT2D eigenvalue weighted by Crippen LogP contribution is -3.00. The summed E-state index contributed by atoms with van der Waals surface area (Å²) in [4.78, 5) is 21.6. The second-order valence-corrected chi connectivity index (χ2v) is 6.30. The summed E-state index contributed by atoms with van der Waals surface area (Å²) in [5.41, 5.74) is 0. The second-order valence-electron chi connectivity index (χ2n) is 6.30. The van der Waals surface area contributed by atoms with Crippen molar-refractivity contribution < 1.29 is 36.3 Å². The van der Waals surface area contributed by atoms with Crippen LogP contribution in [0.2, 0.25) is 0 Å². The van der Waals surface area contributed by atoms with Crippen molar-refractivity contribution in [1.29, 1.82) is 0 Å². The number of carboxylic acid groups (broad SMARTS) is 1. The van der Waals surface area contributed by atoms with Gasteiger partial charge in [-0.25, -0.2) is 0 Å². The van der Waals surface area contributed by atoms with E-state index in [4.69, 9.17) is 9.84 Å². The number of ether oxygens (including phenoxy) is 1. The minimum absolute atomic E-state index is 0. The predicted octanol–water partition coefficient (Wildman–Crippen LogP) is -0.556. The van der Waals surface area contributed by atoms with Crippen LogP contribution in [-0.2, 0) is 14.3 Å². The number of esters is 1. The molecule has 5 nitrogen and oxygen atoms in total. The molecule has 0 aromatic rings. The molecule has 1 saturated carbocycles. The first kappa shape index (κ1) is 22.5. The molecule has 1 rings (SSSR count). The Morgan fingerprint density at radius 1 is 1.10 bits per heavy atom. The van der Waals surface area contributed by atoms with Crippen molar-refractivity contribution in [2.45, 2.75) is 58.0 Å². The van der Waals surface area contributed by atoms with Crippen molar-refractivity contribution >= 4 is 11.9 Å². The SMILES string of the molecule is C1CCCC1.CCC(=O)OC(CC(=O)O)C[N+](C)(C)C.[Cl-]. The molecule has 1 atom stereocenters. The molecule has 1 unspecified atom stereocenters. The maximum Gasteiger partial charge on any atom is 0.307 e. The largest absolute Gasteiger partial charge is 1.00 e. The number of carboxylic acids is 1. The van der Waals surface area contributed by atoms with Gasteiger partial charge in [-0.15, -0.1) is 0 Å². The van der Waals surface area contributed by atoms with Crippen molar-refractivity contribution in [2.24, 2.45) is 0 Å². The molecular formula is C15H30ClNO4. The molecule has 1 aliphatic rings. The highest BCUT2D eigenvalue weighted by Gasteiger charge is 2.24. The maximum absolute atomic E-state index is 11.1. The molecule has 0 saturated heterocycles. The Morgan fingerprint density at radius 2 is 1.52 bits per heavy atom. The van der Waals surface area contributed by atoms with Gasteiger partial charge in [-0.2, -0.15) is 0 Å². The molecule has 21 heavy (non-hydrogen) atoms. The maximum atomic E-state index is 11.1. The number of quaternary nitrogens is 1. The third kappa shape index (κ3) is 15.4. The topological polar surface area (TPSA) is 63.6 Å². The van der Waals surface area contributed by atoms with E-state index in [-0.39, 0.29) is 31.2 Å². The van der Waals surface area contributed by atoms with Crippen molar-refractivity contribution in [2.75, 3.05) is 27.7 Å². The summed E-state index contributed by atoms with van der Waals surface area (Å²) < 4.78 is 5.62. The summed E-state index contributed by atoms with van der Waals surface area (Å²) in [7, 11) is 5.78. The monoisotopic (exact) mass is 323 g/mol. The lowest BCUT2D eigenvalue weighted by molar-refractivity contribution is -0.873. The number of hydrogen-bond donors (Lipinski definition) is 1. The van der Waals surface area contributed by atoms with E-state index in [1.807, 2.05) is 21.1 Å². The van der Waals surface area contributed by atoms with Crippen molar-refractivity contribution in [3.63, 3.8) is 0 Å². The summed E-state index contributed by atoms with van der Waals surface area (Å²) in [6.45, 7) is 2.18. The zero-order valence-electron chi connectivity index (χ0n) is 13.7. The summed E-state index contributed by atoms with van der Waals surface area (Å²) in [6, 6.07) is 0. The molecule has 1 N–H and O–H groups in total. The fourth-order valence-corrected chi connectivity index (χ4v) is 2.10. The van der Waals surface area contributed by atoms with Gasteiger partial charge in [0, 0.05) is 6.42 Å². The van der Waals surface area contributed by atoms with Crippen LogP contribution in [0.3, 0.4) is 0 Å². The van der Waals surface area contributed by atoms with Crippen LogP contribution in [0.4, 0.5) is 0 Å². The van der Waals surface area contributed by atoms with E-state index in [1.165, 1.54) is 32.1 Å². The molecule has 1 fully saturated rings. The van der Waals surface area contributed by atoms with Crippen molar-refractivity contribution in [3.05, 3.63) is 0 Å². The third-order valence-electron chi connectivity index (χ3n) is 2.99. The fourth-order valence-electron chi connectivity index (χ4n) is 2.10. The quantitative estimate of drug-likeness (QED) is 0.526. The standard InChI is InChI=1S/C10H19NO4.C5H10.ClH/c1-5-10(14)15-8(6-9(12)13)7-11(2,3)4;1-2-4-5-3-1;/h8H,5-7H2,1-4H3;1-5H2;1H. The highest BCUT2D eigenvalue weighted by atomic mass is 35.5. The van der Waals surface area contributed by atoms with E-state index >= 15 is 0 Å². The molecule has 0 aromatic heterocycles. The van der Waals surface area contributed by atoms with Crippen LogP contribution in [0, 0.1) is 0 Å². The molecule has 0 aliphatic heterocycles. The average Bonchev–Trinajstić information content (AvgIpc) is 2.83. The molecule has 0 bridgehead atoms. The summed E-state index contributed by atoms with van der Waals surface area (Å²) in [6.07, 6.45) is 7.09. The third-order valence-corrected chi connectivity index (χ3v) is 2.99. The van der Waals surface area contributed by atoms with Gasteiger partial charge in [-0.05, 0) is 0 Å². The predicted molar refractivity (Wildman–Crippen MR) is 78.4 cm³/mol. The number of carbonyl (C=O) groups is 2.